The summed E-state index contributed by atoms with van der Waals surface area (Å²) in [4.78, 5) is 11.8. The van der Waals surface area contributed by atoms with Gasteiger partial charge in [0.25, 0.3) is 0 Å². The molecule has 1 aromatic rings. The number of hydrogen-bond acceptors (Lipinski definition) is 3. The molecular weight excluding hydrogens is 226 g/mol. The van der Waals surface area contributed by atoms with Crippen molar-refractivity contribution in [1.82, 2.24) is 5.32 Å². The van der Waals surface area contributed by atoms with E-state index < -0.39 is 6.04 Å². The molecule has 0 saturated heterocycles. The van der Waals surface area contributed by atoms with Gasteiger partial charge in [0.15, 0.2) is 0 Å². The minimum Gasteiger partial charge on any atom is -0.468 e. The smallest absolute Gasteiger partial charge is 0.327 e. The number of rotatable bonds is 6. The van der Waals surface area contributed by atoms with Crippen LogP contribution in [0.25, 0.3) is 0 Å². The maximum atomic E-state index is 11.8. The number of nitrogens with one attached hydrogen (secondary N) is 1. The average molecular weight is 245 g/mol. The molecule has 18 heavy (non-hydrogen) atoms. The summed E-state index contributed by atoms with van der Waals surface area (Å²) in [7, 11) is 1.41. The van der Waals surface area contributed by atoms with Gasteiger partial charge in [0, 0.05) is 6.54 Å². The second-order valence-electron chi connectivity index (χ2n) is 4.60. The largest absolute Gasteiger partial charge is 0.468 e. The van der Waals surface area contributed by atoms with Crippen LogP contribution >= 0.6 is 0 Å². The monoisotopic (exact) mass is 245 g/mol. The van der Waals surface area contributed by atoms with E-state index in [-0.39, 0.29) is 5.97 Å². The summed E-state index contributed by atoms with van der Waals surface area (Å²) < 4.78 is 4.84. The van der Waals surface area contributed by atoms with Crippen LogP contribution < -0.4 is 5.32 Å². The highest BCUT2D eigenvalue weighted by molar-refractivity contribution is 5.77. The van der Waals surface area contributed by atoms with Crippen LogP contribution in [0.15, 0.2) is 36.9 Å². The van der Waals surface area contributed by atoms with Gasteiger partial charge in [-0.1, -0.05) is 30.3 Å². The van der Waals surface area contributed by atoms with Gasteiger partial charge in [-0.3, -0.25) is 5.32 Å². The molecule has 1 saturated carbocycles. The Bertz CT molecular complexity index is 438. The standard InChI is InChI=1S/C15H19NO2/c1-3-9-16-14(15(17)18-2)13-6-4-5-12(10-13)11-7-8-11/h3-6,10-11,14,16H,1,7-9H2,2H3. The Labute approximate surface area is 108 Å². The molecule has 1 aliphatic carbocycles. The zero-order chi connectivity index (χ0) is 13.0. The molecule has 2 rings (SSSR count). The van der Waals surface area contributed by atoms with Crippen molar-refractivity contribution in [1.29, 1.82) is 0 Å². The Morgan fingerprint density at radius 3 is 3.00 bits per heavy atom. The number of ether oxygens (including phenoxy) is 1. The van der Waals surface area contributed by atoms with Crippen molar-refractivity contribution in [2.45, 2.75) is 24.8 Å². The first-order valence-electron chi connectivity index (χ1n) is 6.28. The van der Waals surface area contributed by atoms with Gasteiger partial charge in [0.05, 0.1) is 7.11 Å². The third kappa shape index (κ3) is 2.99. The molecule has 0 heterocycles. The molecule has 1 atom stereocenters. The van der Waals surface area contributed by atoms with Crippen LogP contribution in [-0.4, -0.2) is 19.6 Å². The number of carbonyl (C=O) groups is 1. The Kier molecular flexibility index (Phi) is 4.15. The molecule has 96 valence electrons. The van der Waals surface area contributed by atoms with Crippen molar-refractivity contribution >= 4 is 5.97 Å². The van der Waals surface area contributed by atoms with Crippen molar-refractivity contribution in [2.75, 3.05) is 13.7 Å². The number of benzene rings is 1. The number of esters is 1. The Balaban J connectivity index is 2.19. The molecule has 3 nitrogen and oxygen atoms in total. The fourth-order valence-electron chi connectivity index (χ4n) is 2.07. The lowest BCUT2D eigenvalue weighted by Crippen LogP contribution is -2.29. The van der Waals surface area contributed by atoms with E-state index in [4.69, 9.17) is 4.74 Å². The number of carbonyl (C=O) groups excluding carboxylic acids is 1. The van der Waals surface area contributed by atoms with E-state index in [1.54, 1.807) is 6.08 Å². The predicted molar refractivity (Wildman–Crippen MR) is 71.4 cm³/mol. The molecule has 3 heteroatoms. The Morgan fingerprint density at radius 1 is 1.61 bits per heavy atom. The number of methoxy groups -OCH3 is 1. The number of hydrogen-bond donors (Lipinski definition) is 1. The molecule has 1 aliphatic rings. The van der Waals surface area contributed by atoms with Gasteiger partial charge in [-0.15, -0.1) is 6.58 Å². The summed E-state index contributed by atoms with van der Waals surface area (Å²) in [5.74, 6) is 0.424. The molecule has 0 amide bonds. The lowest BCUT2D eigenvalue weighted by molar-refractivity contribution is -0.143. The van der Waals surface area contributed by atoms with Gasteiger partial charge in [-0.25, -0.2) is 4.79 Å². The van der Waals surface area contributed by atoms with Gasteiger partial charge in [0.2, 0.25) is 0 Å². The van der Waals surface area contributed by atoms with Crippen LogP contribution in [0.3, 0.4) is 0 Å². The van der Waals surface area contributed by atoms with E-state index in [1.807, 2.05) is 12.1 Å². The first kappa shape index (κ1) is 12.8. The van der Waals surface area contributed by atoms with Crippen LogP contribution in [0.2, 0.25) is 0 Å². The molecule has 0 bridgehead atoms. The van der Waals surface area contributed by atoms with Gasteiger partial charge < -0.3 is 4.74 Å². The second kappa shape index (κ2) is 5.83. The van der Waals surface area contributed by atoms with Crippen molar-refractivity contribution < 1.29 is 9.53 Å². The van der Waals surface area contributed by atoms with E-state index in [1.165, 1.54) is 25.5 Å². The highest BCUT2D eigenvalue weighted by Gasteiger charge is 2.26. The normalized spacial score (nSPS) is 16.1. The van der Waals surface area contributed by atoms with E-state index in [2.05, 4.69) is 24.0 Å². The quantitative estimate of drug-likeness (QED) is 0.618. The summed E-state index contributed by atoms with van der Waals surface area (Å²) in [6.45, 7) is 4.23. The van der Waals surface area contributed by atoms with Crippen LogP contribution in [0.5, 0.6) is 0 Å². The first-order valence-corrected chi connectivity index (χ1v) is 6.28. The topological polar surface area (TPSA) is 38.3 Å². The van der Waals surface area contributed by atoms with Crippen molar-refractivity contribution in [3.05, 3.63) is 48.0 Å². The summed E-state index contributed by atoms with van der Waals surface area (Å²) in [6.07, 6.45) is 4.25. The minimum atomic E-state index is -0.410. The minimum absolute atomic E-state index is 0.259. The zero-order valence-corrected chi connectivity index (χ0v) is 10.7. The van der Waals surface area contributed by atoms with Crippen molar-refractivity contribution in [3.8, 4) is 0 Å². The third-order valence-electron chi connectivity index (χ3n) is 3.20. The van der Waals surface area contributed by atoms with E-state index in [0.717, 1.165) is 5.56 Å². The molecule has 1 unspecified atom stereocenters. The lowest BCUT2D eigenvalue weighted by Gasteiger charge is -2.16. The Hall–Kier alpha value is -1.61. The SMILES string of the molecule is C=CCNC(C(=O)OC)c1cccc(C2CC2)c1. The van der Waals surface area contributed by atoms with E-state index in [9.17, 15) is 4.79 Å². The summed E-state index contributed by atoms with van der Waals surface area (Å²) in [6, 6.07) is 7.79. The molecule has 1 fully saturated rings. The van der Waals surface area contributed by atoms with Crippen LogP contribution in [0, 0.1) is 0 Å². The maximum absolute atomic E-state index is 11.8. The third-order valence-corrected chi connectivity index (χ3v) is 3.20. The molecule has 0 aliphatic heterocycles. The molecule has 0 spiro atoms. The van der Waals surface area contributed by atoms with Crippen LogP contribution in [-0.2, 0) is 9.53 Å². The molecule has 0 aromatic heterocycles. The summed E-state index contributed by atoms with van der Waals surface area (Å²) in [5, 5.41) is 3.13. The van der Waals surface area contributed by atoms with Crippen LogP contribution in [0.1, 0.15) is 35.9 Å². The Morgan fingerprint density at radius 2 is 2.39 bits per heavy atom. The van der Waals surface area contributed by atoms with E-state index >= 15 is 0 Å². The lowest BCUT2D eigenvalue weighted by atomic mass is 10.0. The fourth-order valence-corrected chi connectivity index (χ4v) is 2.07. The summed E-state index contributed by atoms with van der Waals surface area (Å²) in [5.41, 5.74) is 2.29. The highest BCUT2D eigenvalue weighted by Crippen LogP contribution is 2.40. The predicted octanol–water partition coefficient (Wildman–Crippen LogP) is 2.55. The van der Waals surface area contributed by atoms with Crippen molar-refractivity contribution in [2.24, 2.45) is 0 Å². The maximum Gasteiger partial charge on any atom is 0.327 e. The summed E-state index contributed by atoms with van der Waals surface area (Å²) >= 11 is 0. The van der Waals surface area contributed by atoms with Gasteiger partial charge >= 0.3 is 5.97 Å². The zero-order valence-electron chi connectivity index (χ0n) is 10.7. The average Bonchev–Trinajstić information content (AvgIpc) is 3.23. The molecule has 1 N–H and O–H groups in total. The van der Waals surface area contributed by atoms with Gasteiger partial charge in [0.1, 0.15) is 6.04 Å². The van der Waals surface area contributed by atoms with E-state index in [0.29, 0.717) is 12.5 Å². The highest BCUT2D eigenvalue weighted by atomic mass is 16.5. The van der Waals surface area contributed by atoms with Crippen LogP contribution in [0.4, 0.5) is 0 Å². The van der Waals surface area contributed by atoms with Crippen molar-refractivity contribution in [3.63, 3.8) is 0 Å². The second-order valence-corrected chi connectivity index (χ2v) is 4.60. The molecular formula is C15H19NO2. The van der Waals surface area contributed by atoms with Gasteiger partial charge in [-0.05, 0) is 29.9 Å². The first-order chi connectivity index (χ1) is 8.76. The fraction of sp³-hybridized carbons (Fsp3) is 0.400. The molecule has 0 radical (unpaired) electrons. The van der Waals surface area contributed by atoms with Gasteiger partial charge in [-0.2, -0.15) is 0 Å². The molecule has 1 aromatic carbocycles.